The minimum atomic E-state index is -0.0337. The van der Waals surface area contributed by atoms with Gasteiger partial charge in [0.25, 0.3) is 5.91 Å². The van der Waals surface area contributed by atoms with Crippen LogP contribution < -0.4 is 5.32 Å². The van der Waals surface area contributed by atoms with Crippen molar-refractivity contribution in [2.75, 3.05) is 12.0 Å². The van der Waals surface area contributed by atoms with Crippen LogP contribution in [0.15, 0.2) is 70.5 Å². The van der Waals surface area contributed by atoms with E-state index >= 15 is 0 Å². The van der Waals surface area contributed by atoms with Gasteiger partial charge in [0.05, 0.1) is 0 Å². The molecule has 1 amide bonds. The molecule has 0 saturated carbocycles. The van der Waals surface area contributed by atoms with E-state index in [1.807, 2.05) is 12.1 Å². The number of nitrogens with one attached hydrogen (secondary N) is 1. The second-order valence-corrected chi connectivity index (χ2v) is 9.46. The Morgan fingerprint density at radius 2 is 1.70 bits per heavy atom. The van der Waals surface area contributed by atoms with Crippen molar-refractivity contribution < 1.29 is 4.79 Å². The quantitative estimate of drug-likeness (QED) is 0.382. The van der Waals surface area contributed by atoms with Crippen LogP contribution in [0.5, 0.6) is 0 Å². The molecule has 3 aromatic carbocycles. The second kappa shape index (κ2) is 10.7. The topological polar surface area (TPSA) is 29.1 Å². The van der Waals surface area contributed by atoms with Crippen molar-refractivity contribution >= 4 is 29.4 Å². The number of benzene rings is 3. The lowest BCUT2D eigenvalue weighted by Gasteiger charge is -2.12. The van der Waals surface area contributed by atoms with E-state index in [0.717, 1.165) is 33.8 Å². The third-order valence-electron chi connectivity index (χ3n) is 4.95. The lowest BCUT2D eigenvalue weighted by molar-refractivity contribution is 0.0950. The van der Waals surface area contributed by atoms with Crippen molar-refractivity contribution in [2.24, 2.45) is 0 Å². The highest BCUT2D eigenvalue weighted by atomic mass is 32.2. The van der Waals surface area contributed by atoms with E-state index in [4.69, 9.17) is 0 Å². The molecule has 0 atom stereocenters. The summed E-state index contributed by atoms with van der Waals surface area (Å²) in [6, 6.07) is 21.0. The van der Waals surface area contributed by atoms with Gasteiger partial charge >= 0.3 is 0 Å². The van der Waals surface area contributed by atoms with Crippen LogP contribution in [0.4, 0.5) is 0 Å². The van der Waals surface area contributed by atoms with Gasteiger partial charge < -0.3 is 5.32 Å². The molecule has 0 saturated heterocycles. The molecule has 3 aromatic rings. The van der Waals surface area contributed by atoms with Crippen molar-refractivity contribution in [3.63, 3.8) is 0 Å². The summed E-state index contributed by atoms with van der Waals surface area (Å²) >= 11 is 3.54. The summed E-state index contributed by atoms with van der Waals surface area (Å²) in [5, 5.41) is 3.10. The summed E-state index contributed by atoms with van der Waals surface area (Å²) < 4.78 is 0. The van der Waals surface area contributed by atoms with Crippen molar-refractivity contribution in [1.82, 2.24) is 5.32 Å². The smallest absolute Gasteiger partial charge is 0.251 e. The van der Waals surface area contributed by atoms with Crippen molar-refractivity contribution in [3.05, 3.63) is 82.9 Å². The zero-order chi connectivity index (χ0) is 21.5. The minimum absolute atomic E-state index is 0.0337. The first-order valence-corrected chi connectivity index (χ1v) is 12.5. The number of aryl methyl sites for hydroxylation is 2. The van der Waals surface area contributed by atoms with Gasteiger partial charge in [0.2, 0.25) is 0 Å². The fourth-order valence-corrected chi connectivity index (χ4v) is 4.72. The Morgan fingerprint density at radius 3 is 2.40 bits per heavy atom. The van der Waals surface area contributed by atoms with E-state index < -0.39 is 0 Å². The molecule has 1 N–H and O–H groups in total. The number of thioether (sulfide) groups is 2. The van der Waals surface area contributed by atoms with E-state index in [-0.39, 0.29) is 5.91 Å². The lowest BCUT2D eigenvalue weighted by Crippen LogP contribution is -2.23. The van der Waals surface area contributed by atoms with Crippen molar-refractivity contribution in [2.45, 2.75) is 43.5 Å². The number of carbonyl (C=O) groups is 1. The molecule has 0 radical (unpaired) electrons. The third kappa shape index (κ3) is 5.93. The van der Waals surface area contributed by atoms with Crippen LogP contribution in [-0.4, -0.2) is 17.9 Å². The Morgan fingerprint density at radius 1 is 0.933 bits per heavy atom. The monoisotopic (exact) mass is 435 g/mol. The molecule has 2 nitrogen and oxygen atoms in total. The number of hydrogen-bond acceptors (Lipinski definition) is 3. The zero-order valence-corrected chi connectivity index (χ0v) is 19.8. The number of hydrogen-bond donors (Lipinski definition) is 1. The van der Waals surface area contributed by atoms with Gasteiger partial charge in [0.1, 0.15) is 0 Å². The first-order chi connectivity index (χ1) is 14.5. The minimum Gasteiger partial charge on any atom is -0.348 e. The van der Waals surface area contributed by atoms with Gasteiger partial charge in [0.15, 0.2) is 0 Å². The Hall–Kier alpha value is -2.17. The molecule has 0 aliphatic rings. The molecule has 0 heterocycles. The molecule has 4 heteroatoms. The predicted octanol–water partition coefficient (Wildman–Crippen LogP) is 7.12. The lowest BCUT2D eigenvalue weighted by atomic mass is 10.0. The van der Waals surface area contributed by atoms with E-state index in [1.165, 1.54) is 16.0 Å². The summed E-state index contributed by atoms with van der Waals surface area (Å²) in [7, 11) is 0. The van der Waals surface area contributed by atoms with Gasteiger partial charge in [0, 0.05) is 21.9 Å². The molecule has 30 heavy (non-hydrogen) atoms. The summed E-state index contributed by atoms with van der Waals surface area (Å²) in [6.45, 7) is 6.90. The molecule has 3 rings (SSSR count). The average Bonchev–Trinajstić information content (AvgIpc) is 2.77. The van der Waals surface area contributed by atoms with Crippen LogP contribution in [0, 0.1) is 13.8 Å². The molecule has 0 bridgehead atoms. The standard InChI is InChI=1S/C26H29NOS2/c1-5-12-30-24-15-22(21-10-6-18(2)7-11-21)14-23(16-24)26(28)27-17-20-9-8-19(3)25(13-20)29-4/h6-11,13-16H,5,12,17H2,1-4H3,(H,27,28). The Balaban J connectivity index is 1.83. The molecular weight excluding hydrogens is 406 g/mol. The molecule has 0 spiro atoms. The maximum absolute atomic E-state index is 13.0. The summed E-state index contributed by atoms with van der Waals surface area (Å²) in [4.78, 5) is 15.4. The van der Waals surface area contributed by atoms with Crippen LogP contribution in [-0.2, 0) is 6.54 Å². The summed E-state index contributed by atoms with van der Waals surface area (Å²) in [6.07, 6.45) is 3.18. The molecular formula is C26H29NOS2. The van der Waals surface area contributed by atoms with E-state index in [1.54, 1.807) is 23.5 Å². The van der Waals surface area contributed by atoms with Gasteiger partial charge in [-0.05, 0) is 78.8 Å². The Bertz CT molecular complexity index is 1010. The second-order valence-electron chi connectivity index (χ2n) is 7.45. The van der Waals surface area contributed by atoms with E-state index in [0.29, 0.717) is 12.1 Å². The van der Waals surface area contributed by atoms with Crippen LogP contribution >= 0.6 is 23.5 Å². The molecule has 0 unspecified atom stereocenters. The fourth-order valence-electron chi connectivity index (χ4n) is 3.20. The van der Waals surface area contributed by atoms with Crippen LogP contribution in [0.3, 0.4) is 0 Å². The van der Waals surface area contributed by atoms with Gasteiger partial charge in [-0.3, -0.25) is 4.79 Å². The molecule has 0 aliphatic heterocycles. The average molecular weight is 436 g/mol. The largest absolute Gasteiger partial charge is 0.348 e. The number of rotatable bonds is 8. The maximum atomic E-state index is 13.0. The van der Waals surface area contributed by atoms with Crippen molar-refractivity contribution in [3.8, 4) is 11.1 Å². The van der Waals surface area contributed by atoms with E-state index in [9.17, 15) is 4.79 Å². The highest BCUT2D eigenvalue weighted by Gasteiger charge is 2.11. The van der Waals surface area contributed by atoms with Gasteiger partial charge in [-0.25, -0.2) is 0 Å². The van der Waals surface area contributed by atoms with Gasteiger partial charge in [-0.15, -0.1) is 23.5 Å². The summed E-state index contributed by atoms with van der Waals surface area (Å²) in [5.74, 6) is 1.01. The molecule has 0 aliphatic carbocycles. The van der Waals surface area contributed by atoms with E-state index in [2.05, 4.69) is 80.9 Å². The third-order valence-corrected chi connectivity index (χ3v) is 7.01. The van der Waals surface area contributed by atoms with Crippen molar-refractivity contribution in [1.29, 1.82) is 0 Å². The Labute approximate surface area is 188 Å². The highest BCUT2D eigenvalue weighted by Crippen LogP contribution is 2.29. The molecule has 156 valence electrons. The number of amides is 1. The first-order valence-electron chi connectivity index (χ1n) is 10.3. The zero-order valence-electron chi connectivity index (χ0n) is 18.1. The number of carbonyl (C=O) groups excluding carboxylic acids is 1. The first kappa shape index (κ1) is 22.5. The molecule has 0 fully saturated rings. The maximum Gasteiger partial charge on any atom is 0.251 e. The fraction of sp³-hybridized carbons (Fsp3) is 0.269. The predicted molar refractivity (Wildman–Crippen MR) is 132 cm³/mol. The van der Waals surface area contributed by atoms with Crippen LogP contribution in [0.1, 0.15) is 40.4 Å². The normalized spacial score (nSPS) is 10.8. The van der Waals surface area contributed by atoms with Gasteiger partial charge in [-0.2, -0.15) is 0 Å². The summed E-state index contributed by atoms with van der Waals surface area (Å²) in [5.41, 5.74) is 6.55. The highest BCUT2D eigenvalue weighted by molar-refractivity contribution is 7.99. The SMILES string of the molecule is CCCSc1cc(C(=O)NCc2ccc(C)c(SC)c2)cc(-c2ccc(C)cc2)c1. The van der Waals surface area contributed by atoms with Gasteiger partial charge in [-0.1, -0.05) is 48.9 Å². The molecule has 0 aromatic heterocycles. The van der Waals surface area contributed by atoms with Crippen LogP contribution in [0.25, 0.3) is 11.1 Å². The Kier molecular flexibility index (Phi) is 8.06. The van der Waals surface area contributed by atoms with Crippen LogP contribution in [0.2, 0.25) is 0 Å².